The Labute approximate surface area is 121 Å². The van der Waals surface area contributed by atoms with Crippen LogP contribution in [-0.2, 0) is 0 Å². The SMILES string of the molecule is CN1CCN(CC2(CBr)CCCCC2)CC1(C)C. The molecule has 0 bridgehead atoms. The highest BCUT2D eigenvalue weighted by atomic mass is 79.9. The number of nitrogens with zero attached hydrogens (tertiary/aromatic N) is 2. The quantitative estimate of drug-likeness (QED) is 0.737. The fourth-order valence-electron chi connectivity index (χ4n) is 3.59. The van der Waals surface area contributed by atoms with Gasteiger partial charge in [0.1, 0.15) is 0 Å². The van der Waals surface area contributed by atoms with Gasteiger partial charge in [0.05, 0.1) is 0 Å². The van der Waals surface area contributed by atoms with Gasteiger partial charge in [-0.2, -0.15) is 0 Å². The van der Waals surface area contributed by atoms with E-state index in [1.807, 2.05) is 0 Å². The average Bonchev–Trinajstić information content (AvgIpc) is 2.35. The number of hydrogen-bond acceptors (Lipinski definition) is 2. The second-order valence-electron chi connectivity index (χ2n) is 7.14. The van der Waals surface area contributed by atoms with Gasteiger partial charge in [-0.25, -0.2) is 0 Å². The molecule has 106 valence electrons. The van der Waals surface area contributed by atoms with Gasteiger partial charge in [-0.15, -0.1) is 0 Å². The number of halogens is 1. The first-order valence-electron chi connectivity index (χ1n) is 7.47. The maximum absolute atomic E-state index is 3.80. The molecule has 0 aromatic heterocycles. The second kappa shape index (κ2) is 5.80. The normalized spacial score (nSPS) is 29.3. The summed E-state index contributed by atoms with van der Waals surface area (Å²) in [5, 5.41) is 1.19. The molecular formula is C15H29BrN2. The zero-order valence-electron chi connectivity index (χ0n) is 12.3. The van der Waals surface area contributed by atoms with Crippen LogP contribution >= 0.6 is 15.9 Å². The van der Waals surface area contributed by atoms with Gasteiger partial charge in [-0.1, -0.05) is 35.2 Å². The van der Waals surface area contributed by atoms with Crippen molar-refractivity contribution in [1.82, 2.24) is 9.80 Å². The molecule has 0 aromatic carbocycles. The highest BCUT2D eigenvalue weighted by Gasteiger charge is 2.37. The summed E-state index contributed by atoms with van der Waals surface area (Å²) in [6.07, 6.45) is 7.16. The summed E-state index contributed by atoms with van der Waals surface area (Å²) in [4.78, 5) is 5.22. The molecule has 1 saturated carbocycles. The Balaban J connectivity index is 1.96. The molecule has 2 fully saturated rings. The maximum atomic E-state index is 3.80. The minimum absolute atomic E-state index is 0.334. The van der Waals surface area contributed by atoms with Crippen molar-refractivity contribution >= 4 is 15.9 Å². The lowest BCUT2D eigenvalue weighted by Gasteiger charge is -2.49. The van der Waals surface area contributed by atoms with Gasteiger partial charge in [-0.05, 0) is 39.2 Å². The predicted molar refractivity (Wildman–Crippen MR) is 82.5 cm³/mol. The number of likely N-dealkylation sites (N-methyl/N-ethyl adjacent to an activating group) is 1. The molecule has 18 heavy (non-hydrogen) atoms. The van der Waals surface area contributed by atoms with E-state index in [4.69, 9.17) is 0 Å². The largest absolute Gasteiger partial charge is 0.300 e. The van der Waals surface area contributed by atoms with E-state index in [2.05, 4.69) is 46.6 Å². The van der Waals surface area contributed by atoms with E-state index in [1.54, 1.807) is 0 Å². The third-order valence-electron chi connectivity index (χ3n) is 5.15. The zero-order valence-corrected chi connectivity index (χ0v) is 13.9. The fourth-order valence-corrected chi connectivity index (χ4v) is 4.32. The second-order valence-corrected chi connectivity index (χ2v) is 7.70. The molecule has 0 radical (unpaired) electrons. The summed E-state index contributed by atoms with van der Waals surface area (Å²) < 4.78 is 0. The number of hydrogen-bond donors (Lipinski definition) is 0. The van der Waals surface area contributed by atoms with E-state index in [0.29, 0.717) is 11.0 Å². The molecule has 0 spiro atoms. The third-order valence-corrected chi connectivity index (χ3v) is 6.34. The van der Waals surface area contributed by atoms with Crippen molar-refractivity contribution in [2.75, 3.05) is 38.6 Å². The lowest BCUT2D eigenvalue weighted by molar-refractivity contribution is 0.0127. The van der Waals surface area contributed by atoms with E-state index >= 15 is 0 Å². The summed E-state index contributed by atoms with van der Waals surface area (Å²) in [7, 11) is 2.26. The van der Waals surface area contributed by atoms with Gasteiger partial charge in [0.2, 0.25) is 0 Å². The van der Waals surface area contributed by atoms with Crippen molar-refractivity contribution < 1.29 is 0 Å². The summed E-state index contributed by atoms with van der Waals surface area (Å²) in [5.74, 6) is 0. The fraction of sp³-hybridized carbons (Fsp3) is 1.00. The van der Waals surface area contributed by atoms with Crippen molar-refractivity contribution in [1.29, 1.82) is 0 Å². The summed E-state index contributed by atoms with van der Waals surface area (Å²) in [6.45, 7) is 9.73. The zero-order chi connectivity index (χ0) is 13.2. The molecule has 3 heteroatoms. The van der Waals surface area contributed by atoms with Gasteiger partial charge in [0, 0.05) is 37.0 Å². The van der Waals surface area contributed by atoms with Crippen molar-refractivity contribution in [2.45, 2.75) is 51.5 Å². The Morgan fingerprint density at radius 2 is 1.72 bits per heavy atom. The van der Waals surface area contributed by atoms with Crippen molar-refractivity contribution in [3.63, 3.8) is 0 Å². The molecule has 1 heterocycles. The van der Waals surface area contributed by atoms with E-state index in [1.165, 1.54) is 63.6 Å². The minimum atomic E-state index is 0.334. The van der Waals surface area contributed by atoms with Crippen molar-refractivity contribution in [2.24, 2.45) is 5.41 Å². The molecule has 0 amide bonds. The van der Waals surface area contributed by atoms with Crippen LogP contribution in [0.3, 0.4) is 0 Å². The maximum Gasteiger partial charge on any atom is 0.0277 e. The molecule has 2 aliphatic rings. The van der Waals surface area contributed by atoms with Crippen LogP contribution in [-0.4, -0.2) is 53.9 Å². The lowest BCUT2D eigenvalue weighted by atomic mass is 9.75. The van der Waals surface area contributed by atoms with Gasteiger partial charge >= 0.3 is 0 Å². The van der Waals surface area contributed by atoms with Gasteiger partial charge < -0.3 is 0 Å². The van der Waals surface area contributed by atoms with Crippen LogP contribution in [0.2, 0.25) is 0 Å². The van der Waals surface area contributed by atoms with E-state index in [-0.39, 0.29) is 0 Å². The van der Waals surface area contributed by atoms with Crippen LogP contribution in [0.4, 0.5) is 0 Å². The molecule has 1 aliphatic carbocycles. The molecule has 1 saturated heterocycles. The third kappa shape index (κ3) is 3.29. The Morgan fingerprint density at radius 1 is 1.06 bits per heavy atom. The van der Waals surface area contributed by atoms with Crippen molar-refractivity contribution in [3.05, 3.63) is 0 Å². The molecule has 0 N–H and O–H groups in total. The first-order chi connectivity index (χ1) is 8.47. The summed E-state index contributed by atoms with van der Waals surface area (Å²) in [5.41, 5.74) is 0.894. The Morgan fingerprint density at radius 3 is 2.28 bits per heavy atom. The summed E-state index contributed by atoms with van der Waals surface area (Å²) >= 11 is 3.80. The molecular weight excluding hydrogens is 288 g/mol. The van der Waals surface area contributed by atoms with Gasteiger partial charge in [-0.3, -0.25) is 9.80 Å². The van der Waals surface area contributed by atoms with E-state index < -0.39 is 0 Å². The number of alkyl halides is 1. The van der Waals surface area contributed by atoms with E-state index in [9.17, 15) is 0 Å². The Kier molecular flexibility index (Phi) is 4.77. The van der Waals surface area contributed by atoms with Gasteiger partial charge in [0.25, 0.3) is 0 Å². The van der Waals surface area contributed by atoms with Crippen LogP contribution in [0.15, 0.2) is 0 Å². The lowest BCUT2D eigenvalue weighted by Crippen LogP contribution is -2.59. The standard InChI is InChI=1S/C15H29BrN2/c1-14(2)12-18(10-9-17(14)3)13-15(11-16)7-5-4-6-8-15/h4-13H2,1-3H3. The molecule has 0 unspecified atom stereocenters. The number of rotatable bonds is 3. The number of piperazine rings is 1. The van der Waals surface area contributed by atoms with Crippen molar-refractivity contribution in [3.8, 4) is 0 Å². The topological polar surface area (TPSA) is 6.48 Å². The highest BCUT2D eigenvalue weighted by Crippen LogP contribution is 2.39. The molecule has 0 aromatic rings. The van der Waals surface area contributed by atoms with Gasteiger partial charge in [0.15, 0.2) is 0 Å². The minimum Gasteiger partial charge on any atom is -0.300 e. The molecule has 2 rings (SSSR count). The van der Waals surface area contributed by atoms with Crippen LogP contribution in [0.25, 0.3) is 0 Å². The first kappa shape index (κ1) is 14.8. The Hall–Kier alpha value is 0.400. The smallest absolute Gasteiger partial charge is 0.0277 e. The molecule has 1 aliphatic heterocycles. The summed E-state index contributed by atoms with van der Waals surface area (Å²) in [6, 6.07) is 0. The average molecular weight is 317 g/mol. The van der Waals surface area contributed by atoms with E-state index in [0.717, 1.165) is 0 Å². The highest BCUT2D eigenvalue weighted by molar-refractivity contribution is 9.09. The van der Waals surface area contributed by atoms with Crippen LogP contribution in [0, 0.1) is 5.41 Å². The first-order valence-corrected chi connectivity index (χ1v) is 8.59. The predicted octanol–water partition coefficient (Wildman–Crippen LogP) is 3.36. The molecule has 0 atom stereocenters. The van der Waals surface area contributed by atoms with Crippen LogP contribution in [0.5, 0.6) is 0 Å². The Bertz CT molecular complexity index is 272. The molecule has 2 nitrogen and oxygen atoms in total. The van der Waals surface area contributed by atoms with Crippen LogP contribution < -0.4 is 0 Å². The van der Waals surface area contributed by atoms with Crippen LogP contribution in [0.1, 0.15) is 46.0 Å². The monoisotopic (exact) mass is 316 g/mol.